The molecular formula is C19H25N7O. The second-order valence-electron chi connectivity index (χ2n) is 6.78. The van der Waals surface area contributed by atoms with Crippen molar-refractivity contribution in [3.05, 3.63) is 66.8 Å². The average molecular weight is 367 g/mol. The van der Waals surface area contributed by atoms with Crippen LogP contribution < -0.4 is 5.32 Å². The van der Waals surface area contributed by atoms with Crippen LogP contribution in [0.5, 0.6) is 0 Å². The maximum atomic E-state index is 12.8. The van der Waals surface area contributed by atoms with Crippen LogP contribution in [0.3, 0.4) is 0 Å². The zero-order valence-electron chi connectivity index (χ0n) is 15.9. The van der Waals surface area contributed by atoms with E-state index in [4.69, 9.17) is 0 Å². The first-order valence-corrected chi connectivity index (χ1v) is 8.95. The fourth-order valence-electron chi connectivity index (χ4n) is 2.88. The largest absolute Gasteiger partial charge is 0.335 e. The Bertz CT molecular complexity index is 842. The van der Waals surface area contributed by atoms with Crippen molar-refractivity contribution < 1.29 is 4.79 Å². The molecule has 0 aliphatic carbocycles. The Morgan fingerprint density at radius 2 is 2.00 bits per heavy atom. The van der Waals surface area contributed by atoms with Crippen molar-refractivity contribution in [2.75, 3.05) is 7.05 Å². The van der Waals surface area contributed by atoms with Gasteiger partial charge in [0.2, 0.25) is 0 Å². The molecule has 2 heterocycles. The summed E-state index contributed by atoms with van der Waals surface area (Å²) in [4.78, 5) is 18.5. The molecule has 1 N–H and O–H groups in total. The first kappa shape index (κ1) is 18.6. The predicted octanol–water partition coefficient (Wildman–Crippen LogP) is 2.64. The quantitative estimate of drug-likeness (QED) is 0.696. The Morgan fingerprint density at radius 3 is 2.67 bits per heavy atom. The molecular weight excluding hydrogens is 342 g/mol. The summed E-state index contributed by atoms with van der Waals surface area (Å²) in [5.41, 5.74) is 1.04. The van der Waals surface area contributed by atoms with Crippen LogP contribution in [0.1, 0.15) is 37.3 Å². The molecule has 0 aliphatic rings. The number of rotatable bonds is 7. The summed E-state index contributed by atoms with van der Waals surface area (Å²) in [6.45, 7) is 5.11. The Labute approximate surface area is 158 Å². The minimum absolute atomic E-state index is 0.165. The number of nitrogens with zero attached hydrogens (tertiary/aromatic N) is 6. The number of hydrogen-bond acceptors (Lipinski definition) is 4. The zero-order chi connectivity index (χ0) is 19.2. The number of hydrogen-bond donors (Lipinski definition) is 1. The Hall–Kier alpha value is -3.16. The number of benzene rings is 1. The van der Waals surface area contributed by atoms with Crippen molar-refractivity contribution in [1.29, 1.82) is 0 Å². The number of carbonyl (C=O) groups excluding carboxylic acids is 1. The van der Waals surface area contributed by atoms with Crippen molar-refractivity contribution in [2.24, 2.45) is 0 Å². The molecule has 3 aromatic rings. The van der Waals surface area contributed by atoms with Gasteiger partial charge < -0.3 is 19.4 Å². The summed E-state index contributed by atoms with van der Waals surface area (Å²) in [6, 6.07) is 9.83. The lowest BCUT2D eigenvalue weighted by Gasteiger charge is -2.24. The third-order valence-corrected chi connectivity index (χ3v) is 4.38. The SMILES string of the molecule is CC(C)n1cnnc1CN(C)C(=O)NC(Cn1ccnc1)c1ccccc1. The lowest BCUT2D eigenvalue weighted by molar-refractivity contribution is 0.199. The molecule has 0 bridgehead atoms. The summed E-state index contributed by atoms with van der Waals surface area (Å²) in [6.07, 6.45) is 7.06. The highest BCUT2D eigenvalue weighted by Gasteiger charge is 2.19. The van der Waals surface area contributed by atoms with Crippen molar-refractivity contribution in [1.82, 2.24) is 34.5 Å². The van der Waals surface area contributed by atoms with Crippen LogP contribution in [0.2, 0.25) is 0 Å². The highest BCUT2D eigenvalue weighted by molar-refractivity contribution is 5.74. The van der Waals surface area contributed by atoms with E-state index in [1.54, 1.807) is 30.8 Å². The van der Waals surface area contributed by atoms with Crippen LogP contribution in [0.4, 0.5) is 4.79 Å². The zero-order valence-corrected chi connectivity index (χ0v) is 15.9. The van der Waals surface area contributed by atoms with E-state index in [0.29, 0.717) is 13.1 Å². The van der Waals surface area contributed by atoms with Gasteiger partial charge in [-0.1, -0.05) is 30.3 Å². The molecule has 1 aromatic carbocycles. The molecule has 0 spiro atoms. The third-order valence-electron chi connectivity index (χ3n) is 4.38. The average Bonchev–Trinajstić information content (AvgIpc) is 3.33. The molecule has 0 saturated heterocycles. The summed E-state index contributed by atoms with van der Waals surface area (Å²) >= 11 is 0. The van der Waals surface area contributed by atoms with Gasteiger partial charge >= 0.3 is 6.03 Å². The smallest absolute Gasteiger partial charge is 0.318 e. The van der Waals surface area contributed by atoms with Gasteiger partial charge in [-0.3, -0.25) is 0 Å². The van der Waals surface area contributed by atoms with Gasteiger partial charge in [-0.2, -0.15) is 0 Å². The van der Waals surface area contributed by atoms with Gasteiger partial charge in [-0.25, -0.2) is 9.78 Å². The highest BCUT2D eigenvalue weighted by Crippen LogP contribution is 2.16. The van der Waals surface area contributed by atoms with Crippen LogP contribution in [0.15, 0.2) is 55.4 Å². The van der Waals surface area contributed by atoms with Crippen LogP contribution >= 0.6 is 0 Å². The van der Waals surface area contributed by atoms with Gasteiger partial charge in [0.1, 0.15) is 6.33 Å². The van der Waals surface area contributed by atoms with Gasteiger partial charge in [0.05, 0.1) is 18.9 Å². The molecule has 3 rings (SSSR count). The van der Waals surface area contributed by atoms with E-state index < -0.39 is 0 Å². The standard InChI is InChI=1S/C19H25N7O/c1-15(2)26-14-21-23-18(26)12-24(3)19(27)22-17(11-25-10-9-20-13-25)16-7-5-4-6-8-16/h4-10,13-15,17H,11-12H2,1-3H3,(H,22,27). The van der Waals surface area contributed by atoms with Crippen molar-refractivity contribution in [3.63, 3.8) is 0 Å². The first-order valence-electron chi connectivity index (χ1n) is 8.95. The maximum absolute atomic E-state index is 12.8. The topological polar surface area (TPSA) is 80.9 Å². The Morgan fingerprint density at radius 1 is 1.22 bits per heavy atom. The number of urea groups is 1. The molecule has 27 heavy (non-hydrogen) atoms. The monoisotopic (exact) mass is 367 g/mol. The minimum atomic E-state index is -0.168. The van der Waals surface area contributed by atoms with E-state index in [9.17, 15) is 4.79 Å². The molecule has 142 valence electrons. The summed E-state index contributed by atoms with van der Waals surface area (Å²) in [7, 11) is 1.76. The maximum Gasteiger partial charge on any atom is 0.318 e. The number of nitrogens with one attached hydrogen (secondary N) is 1. The molecule has 8 heteroatoms. The number of imidazole rings is 1. The molecule has 0 saturated carbocycles. The van der Waals surface area contributed by atoms with E-state index in [-0.39, 0.29) is 18.1 Å². The van der Waals surface area contributed by atoms with Crippen LogP contribution in [-0.4, -0.2) is 42.3 Å². The fourth-order valence-corrected chi connectivity index (χ4v) is 2.88. The van der Waals surface area contributed by atoms with Crippen molar-refractivity contribution >= 4 is 6.03 Å². The normalized spacial score (nSPS) is 12.1. The molecule has 8 nitrogen and oxygen atoms in total. The van der Waals surface area contributed by atoms with E-state index in [1.807, 2.05) is 45.7 Å². The first-order chi connectivity index (χ1) is 13.0. The third kappa shape index (κ3) is 4.72. The van der Waals surface area contributed by atoms with E-state index >= 15 is 0 Å². The number of carbonyl (C=O) groups is 1. The Balaban J connectivity index is 1.70. The number of aromatic nitrogens is 5. The molecule has 1 unspecified atom stereocenters. The lowest BCUT2D eigenvalue weighted by Crippen LogP contribution is -2.40. The van der Waals surface area contributed by atoms with Gasteiger partial charge in [-0.15, -0.1) is 10.2 Å². The minimum Gasteiger partial charge on any atom is -0.335 e. The van der Waals surface area contributed by atoms with Crippen molar-refractivity contribution in [2.45, 2.75) is 39.0 Å². The van der Waals surface area contributed by atoms with Gasteiger partial charge in [-0.05, 0) is 19.4 Å². The molecule has 2 aromatic heterocycles. The fraction of sp³-hybridized carbons (Fsp3) is 0.368. The second kappa shape index (κ2) is 8.48. The van der Waals surface area contributed by atoms with Crippen LogP contribution in [-0.2, 0) is 13.1 Å². The van der Waals surface area contributed by atoms with Gasteiger partial charge in [0, 0.05) is 32.0 Å². The number of amides is 2. The van der Waals surface area contributed by atoms with Crippen molar-refractivity contribution in [3.8, 4) is 0 Å². The Kier molecular flexibility index (Phi) is 5.85. The molecule has 1 atom stereocenters. The second-order valence-corrected chi connectivity index (χ2v) is 6.78. The van der Waals surface area contributed by atoms with Gasteiger partial charge in [0.25, 0.3) is 0 Å². The van der Waals surface area contributed by atoms with Crippen LogP contribution in [0.25, 0.3) is 0 Å². The summed E-state index contributed by atoms with van der Waals surface area (Å²) < 4.78 is 3.91. The van der Waals surface area contributed by atoms with Crippen LogP contribution in [0, 0.1) is 0 Å². The lowest BCUT2D eigenvalue weighted by atomic mass is 10.1. The van der Waals surface area contributed by atoms with E-state index in [2.05, 4.69) is 34.3 Å². The molecule has 0 radical (unpaired) electrons. The summed E-state index contributed by atoms with van der Waals surface area (Å²) in [5, 5.41) is 11.2. The van der Waals surface area contributed by atoms with E-state index in [0.717, 1.165) is 11.4 Å². The summed E-state index contributed by atoms with van der Waals surface area (Å²) in [5.74, 6) is 0.758. The molecule has 0 aliphatic heterocycles. The van der Waals surface area contributed by atoms with Gasteiger partial charge in [0.15, 0.2) is 5.82 Å². The molecule has 0 fully saturated rings. The molecule has 2 amide bonds. The predicted molar refractivity (Wildman–Crippen MR) is 102 cm³/mol. The van der Waals surface area contributed by atoms with E-state index in [1.165, 1.54) is 0 Å². The highest BCUT2D eigenvalue weighted by atomic mass is 16.2.